The lowest BCUT2D eigenvalue weighted by atomic mass is 10.1. The number of nitrogens with zero attached hydrogens (tertiary/aromatic N) is 1. The van der Waals surface area contributed by atoms with Crippen LogP contribution in [0.1, 0.15) is 17.7 Å². The third-order valence-electron chi connectivity index (χ3n) is 2.54. The molecule has 0 N–H and O–H groups in total. The first-order chi connectivity index (χ1) is 8.04. The second-order valence-electron chi connectivity index (χ2n) is 3.73. The lowest BCUT2D eigenvalue weighted by Gasteiger charge is -2.27. The number of methoxy groups -OCH3 is 1. The van der Waals surface area contributed by atoms with Gasteiger partial charge in [-0.05, 0) is 12.5 Å². The van der Waals surface area contributed by atoms with Gasteiger partial charge in [0.25, 0.3) is 10.0 Å². The molecule has 6 heteroatoms. The minimum absolute atomic E-state index is 0.204. The summed E-state index contributed by atoms with van der Waals surface area (Å²) in [5, 5.41) is -0.789. The summed E-state index contributed by atoms with van der Waals surface area (Å²) in [5.74, 6) is 0. The van der Waals surface area contributed by atoms with Crippen molar-refractivity contribution in [2.24, 2.45) is 4.40 Å². The van der Waals surface area contributed by atoms with Crippen molar-refractivity contribution >= 4 is 16.1 Å². The molecule has 0 fully saturated rings. The molecule has 0 amide bonds. The fourth-order valence-corrected chi connectivity index (χ4v) is 3.30. The van der Waals surface area contributed by atoms with Gasteiger partial charge in [0.15, 0.2) is 0 Å². The number of benzene rings is 1. The molecule has 92 valence electrons. The van der Waals surface area contributed by atoms with E-state index in [4.69, 9.17) is 9.47 Å². The Morgan fingerprint density at radius 1 is 1.29 bits per heavy atom. The molecule has 1 aliphatic rings. The van der Waals surface area contributed by atoms with E-state index in [0.29, 0.717) is 5.56 Å². The van der Waals surface area contributed by atoms with Crippen LogP contribution in [0.3, 0.4) is 0 Å². The van der Waals surface area contributed by atoms with Crippen LogP contribution in [-0.4, -0.2) is 27.7 Å². The lowest BCUT2D eigenvalue weighted by molar-refractivity contribution is 0.129. The SMILES string of the molecule is COC1=NS(=O)(=O)[C@H](c2ccccc2)[C@H](C)O1. The predicted octanol–water partition coefficient (Wildman–Crippen LogP) is 1.48. The van der Waals surface area contributed by atoms with Gasteiger partial charge in [-0.1, -0.05) is 34.7 Å². The van der Waals surface area contributed by atoms with E-state index in [0.717, 1.165) is 0 Å². The summed E-state index contributed by atoms with van der Waals surface area (Å²) in [5.41, 5.74) is 0.666. The van der Waals surface area contributed by atoms with Gasteiger partial charge >= 0.3 is 6.08 Å². The zero-order valence-electron chi connectivity index (χ0n) is 9.53. The highest BCUT2D eigenvalue weighted by Gasteiger charge is 2.39. The maximum atomic E-state index is 12.0. The van der Waals surface area contributed by atoms with E-state index in [1.54, 1.807) is 31.2 Å². The third-order valence-corrected chi connectivity index (χ3v) is 4.24. The van der Waals surface area contributed by atoms with Crippen LogP contribution in [0.15, 0.2) is 34.7 Å². The van der Waals surface area contributed by atoms with Gasteiger partial charge < -0.3 is 9.47 Å². The fourth-order valence-electron chi connectivity index (χ4n) is 1.82. The van der Waals surface area contributed by atoms with Crippen molar-refractivity contribution < 1.29 is 17.9 Å². The van der Waals surface area contributed by atoms with Gasteiger partial charge in [-0.2, -0.15) is 0 Å². The van der Waals surface area contributed by atoms with Crippen molar-refractivity contribution in [1.29, 1.82) is 0 Å². The maximum Gasteiger partial charge on any atom is 0.399 e. The summed E-state index contributed by atoms with van der Waals surface area (Å²) >= 11 is 0. The van der Waals surface area contributed by atoms with Crippen LogP contribution < -0.4 is 0 Å². The summed E-state index contributed by atoms with van der Waals surface area (Å²) in [6, 6.07) is 8.89. The molecule has 1 aromatic carbocycles. The van der Waals surface area contributed by atoms with Crippen LogP contribution in [0, 0.1) is 0 Å². The van der Waals surface area contributed by atoms with Crippen molar-refractivity contribution in [3.63, 3.8) is 0 Å². The van der Waals surface area contributed by atoms with E-state index in [-0.39, 0.29) is 6.08 Å². The van der Waals surface area contributed by atoms with Crippen molar-refractivity contribution in [3.8, 4) is 0 Å². The van der Waals surface area contributed by atoms with Gasteiger partial charge in [0.05, 0.1) is 7.11 Å². The molecule has 5 nitrogen and oxygen atoms in total. The van der Waals surface area contributed by atoms with Gasteiger partial charge in [0.1, 0.15) is 11.4 Å². The number of hydrogen-bond acceptors (Lipinski definition) is 4. The second-order valence-corrected chi connectivity index (χ2v) is 5.45. The van der Waals surface area contributed by atoms with Crippen molar-refractivity contribution in [1.82, 2.24) is 0 Å². The van der Waals surface area contributed by atoms with Crippen LogP contribution in [0.2, 0.25) is 0 Å². The quantitative estimate of drug-likeness (QED) is 0.762. The highest BCUT2D eigenvalue weighted by molar-refractivity contribution is 7.90. The first-order valence-corrected chi connectivity index (χ1v) is 6.64. The minimum Gasteiger partial charge on any atom is -0.453 e. The highest BCUT2D eigenvalue weighted by atomic mass is 32.2. The normalized spacial score (nSPS) is 26.8. The van der Waals surface area contributed by atoms with E-state index in [1.165, 1.54) is 7.11 Å². The number of ether oxygens (including phenoxy) is 2. The molecule has 2 rings (SSSR count). The van der Waals surface area contributed by atoms with Crippen molar-refractivity contribution in [3.05, 3.63) is 35.9 Å². The summed E-state index contributed by atoms with van der Waals surface area (Å²) in [6.07, 6.45) is -0.737. The van der Waals surface area contributed by atoms with Crippen LogP contribution in [-0.2, 0) is 19.5 Å². The molecule has 0 aliphatic carbocycles. The third kappa shape index (κ3) is 2.26. The molecule has 2 atom stereocenters. The van der Waals surface area contributed by atoms with E-state index < -0.39 is 21.4 Å². The van der Waals surface area contributed by atoms with Crippen LogP contribution in [0.25, 0.3) is 0 Å². The molecule has 0 saturated heterocycles. The molecule has 0 aromatic heterocycles. The zero-order chi connectivity index (χ0) is 12.5. The number of rotatable bonds is 1. The Morgan fingerprint density at radius 3 is 2.47 bits per heavy atom. The smallest absolute Gasteiger partial charge is 0.399 e. The largest absolute Gasteiger partial charge is 0.453 e. The lowest BCUT2D eigenvalue weighted by Crippen LogP contribution is -2.33. The first kappa shape index (κ1) is 11.9. The Labute approximate surface area is 100 Å². The Hall–Kier alpha value is -1.56. The van der Waals surface area contributed by atoms with Crippen molar-refractivity contribution in [2.75, 3.05) is 7.11 Å². The van der Waals surface area contributed by atoms with E-state index in [9.17, 15) is 8.42 Å². The molecule has 1 heterocycles. The highest BCUT2D eigenvalue weighted by Crippen LogP contribution is 2.32. The molecule has 1 aromatic rings. The molecule has 0 radical (unpaired) electrons. The van der Waals surface area contributed by atoms with Gasteiger partial charge in [0, 0.05) is 0 Å². The Kier molecular flexibility index (Phi) is 3.06. The molecule has 0 spiro atoms. The average Bonchev–Trinajstić information content (AvgIpc) is 2.28. The molecular weight excluding hydrogens is 242 g/mol. The number of sulfonamides is 1. The van der Waals surface area contributed by atoms with Crippen LogP contribution in [0.5, 0.6) is 0 Å². The van der Waals surface area contributed by atoms with Crippen molar-refractivity contribution in [2.45, 2.75) is 18.3 Å². The maximum absolute atomic E-state index is 12.0. The Morgan fingerprint density at radius 2 is 1.94 bits per heavy atom. The zero-order valence-corrected chi connectivity index (χ0v) is 10.3. The van der Waals surface area contributed by atoms with Gasteiger partial charge in [-0.15, -0.1) is 0 Å². The van der Waals surface area contributed by atoms with E-state index >= 15 is 0 Å². The minimum atomic E-state index is -3.65. The van der Waals surface area contributed by atoms with Crippen LogP contribution in [0.4, 0.5) is 0 Å². The standard InChI is InChI=1S/C11H13NO4S/c1-8-10(9-6-4-3-5-7-9)17(13,14)12-11(15-2)16-8/h3-8,10H,1-2H3/t8-,10-/m0/s1. The van der Waals surface area contributed by atoms with Gasteiger partial charge in [0.2, 0.25) is 0 Å². The molecule has 17 heavy (non-hydrogen) atoms. The van der Waals surface area contributed by atoms with E-state index in [2.05, 4.69) is 4.40 Å². The van der Waals surface area contributed by atoms with Gasteiger partial charge in [-0.3, -0.25) is 0 Å². The summed E-state index contributed by atoms with van der Waals surface area (Å²) < 4.78 is 37.5. The molecule has 0 saturated carbocycles. The topological polar surface area (TPSA) is 65.0 Å². The predicted molar refractivity (Wildman–Crippen MR) is 63.1 cm³/mol. The molecule has 1 aliphatic heterocycles. The molecule has 0 unspecified atom stereocenters. The summed E-state index contributed by atoms with van der Waals surface area (Å²) in [7, 11) is -2.33. The summed E-state index contributed by atoms with van der Waals surface area (Å²) in [4.78, 5) is 0. The van der Waals surface area contributed by atoms with Gasteiger partial charge in [-0.25, -0.2) is 8.42 Å². The summed E-state index contributed by atoms with van der Waals surface area (Å²) in [6.45, 7) is 1.68. The average molecular weight is 255 g/mol. The number of hydrogen-bond donors (Lipinski definition) is 0. The Balaban J connectivity index is 2.46. The van der Waals surface area contributed by atoms with Crippen LogP contribution >= 0.6 is 0 Å². The Bertz CT molecular complexity index is 524. The monoisotopic (exact) mass is 255 g/mol. The van der Waals surface area contributed by atoms with E-state index in [1.807, 2.05) is 6.07 Å². The fraction of sp³-hybridized carbons (Fsp3) is 0.364. The molecular formula is C11H13NO4S. The molecule has 0 bridgehead atoms. The second kappa shape index (κ2) is 4.37. The first-order valence-electron chi connectivity index (χ1n) is 5.14.